The molecular weight excluding hydrogens is 977 g/mol. The molecule has 6 rings (SSSR count). The van der Waals surface area contributed by atoms with E-state index in [4.69, 9.17) is 23.7 Å². The number of allylic oxidation sites excluding steroid dienone is 2. The number of ether oxygens (including phenoxy) is 5. The van der Waals surface area contributed by atoms with Gasteiger partial charge >= 0.3 is 12.1 Å². The molecule has 0 radical (unpaired) electrons. The Morgan fingerprint density at radius 2 is 1.53 bits per heavy atom. The van der Waals surface area contributed by atoms with E-state index in [0.717, 1.165) is 27.8 Å². The van der Waals surface area contributed by atoms with Gasteiger partial charge in [0.1, 0.15) is 42.6 Å². The molecule has 2 aromatic rings. The number of hydrogen-bond acceptors (Lipinski definition) is 13. The van der Waals surface area contributed by atoms with E-state index < -0.39 is 71.9 Å². The fourth-order valence-corrected chi connectivity index (χ4v) is 9.96. The van der Waals surface area contributed by atoms with E-state index in [-0.39, 0.29) is 73.7 Å². The van der Waals surface area contributed by atoms with Crippen LogP contribution in [0.15, 0.2) is 84.5 Å². The zero-order chi connectivity index (χ0) is 55.1. The van der Waals surface area contributed by atoms with E-state index in [2.05, 4.69) is 63.3 Å². The van der Waals surface area contributed by atoms with Crippen LogP contribution >= 0.6 is 0 Å². The van der Waals surface area contributed by atoms with E-state index in [9.17, 15) is 38.7 Å². The Morgan fingerprint density at radius 3 is 2.18 bits per heavy atom. The number of epoxide rings is 1. The summed E-state index contributed by atoms with van der Waals surface area (Å²) < 4.78 is 28.8. The minimum absolute atomic E-state index is 0.0320. The minimum Gasteiger partial charge on any atom is -0.459 e. The molecule has 1 spiro atoms. The average molecular weight is 1060 g/mol. The number of alkyl carbamates (subject to hydrolysis) is 1. The Balaban J connectivity index is 0.855. The van der Waals surface area contributed by atoms with Gasteiger partial charge in [0.15, 0.2) is 0 Å². The fraction of sp³-hybridized carbons (Fsp3) is 0.561. The SMILES string of the molecule is CC(=O)O[C@@H](C)/C=C\C(=O)N[C@@H]1C[C@H](C)[C@H](C/C=C(C)/C=C/[C@H]2O[C@H](CC(=O)NNC(=O)[C@H](C)NC(=O)[C@@H](NC(=O)CCCCCNC(=O)OCC3c4ccccc4-c4ccccc43)C(C)C)C[C@@]3(CO3)[C@@H]2O)O[C@@H]1C. The number of unbranched alkanes of at least 4 members (excludes halogenated alkanes) is 2. The first-order valence-corrected chi connectivity index (χ1v) is 26.6. The van der Waals surface area contributed by atoms with Crippen LogP contribution in [-0.2, 0) is 52.5 Å². The second kappa shape index (κ2) is 27.6. The second-order valence-electron chi connectivity index (χ2n) is 21.0. The molecule has 414 valence electrons. The Labute approximate surface area is 446 Å². The molecule has 0 bridgehead atoms. The predicted octanol–water partition coefficient (Wildman–Crippen LogP) is 5.25. The van der Waals surface area contributed by atoms with Crippen molar-refractivity contribution in [2.24, 2.45) is 11.8 Å². The summed E-state index contributed by atoms with van der Waals surface area (Å²) in [6, 6.07) is 14.1. The van der Waals surface area contributed by atoms with E-state index in [1.807, 2.05) is 50.3 Å². The van der Waals surface area contributed by atoms with Gasteiger partial charge in [0.05, 0.1) is 37.4 Å². The van der Waals surface area contributed by atoms with Crippen molar-refractivity contribution < 1.29 is 62.4 Å². The molecule has 19 nitrogen and oxygen atoms in total. The van der Waals surface area contributed by atoms with Crippen molar-refractivity contribution in [1.82, 2.24) is 32.1 Å². The van der Waals surface area contributed by atoms with Crippen LogP contribution < -0.4 is 32.1 Å². The molecule has 0 unspecified atom stereocenters. The normalized spacial score (nSPS) is 25.2. The number of nitrogens with one attached hydrogen (secondary N) is 6. The molecule has 0 saturated carbocycles. The predicted molar refractivity (Wildman–Crippen MR) is 283 cm³/mol. The lowest BCUT2D eigenvalue weighted by atomic mass is 9.87. The lowest BCUT2D eigenvalue weighted by Crippen LogP contribution is -2.56. The highest BCUT2D eigenvalue weighted by Crippen LogP contribution is 2.45. The van der Waals surface area contributed by atoms with Crippen LogP contribution in [0, 0.1) is 11.8 Å². The highest BCUT2D eigenvalue weighted by atomic mass is 16.6. The quantitative estimate of drug-likeness (QED) is 0.0188. The number of amides is 6. The number of aliphatic hydroxyl groups excluding tert-OH is 1. The van der Waals surface area contributed by atoms with Crippen LogP contribution in [0.2, 0.25) is 0 Å². The molecule has 3 saturated heterocycles. The summed E-state index contributed by atoms with van der Waals surface area (Å²) in [6.45, 7) is 14.9. The molecular formula is C57H78N6O13. The molecule has 11 atom stereocenters. The first kappa shape index (κ1) is 58.8. The Hall–Kier alpha value is -6.41. The zero-order valence-corrected chi connectivity index (χ0v) is 45.1. The van der Waals surface area contributed by atoms with Crippen molar-refractivity contribution in [3.63, 3.8) is 0 Å². The van der Waals surface area contributed by atoms with E-state index in [1.54, 1.807) is 26.8 Å². The molecule has 2 aromatic carbocycles. The van der Waals surface area contributed by atoms with Crippen molar-refractivity contribution in [1.29, 1.82) is 0 Å². The van der Waals surface area contributed by atoms with Crippen molar-refractivity contribution in [2.45, 2.75) is 173 Å². The number of carbonyl (C=O) groups excluding carboxylic acids is 7. The summed E-state index contributed by atoms with van der Waals surface area (Å²) in [4.78, 5) is 88.5. The largest absolute Gasteiger partial charge is 0.459 e. The number of fused-ring (bicyclic) bond motifs is 3. The molecule has 3 fully saturated rings. The van der Waals surface area contributed by atoms with Crippen molar-refractivity contribution in [2.75, 3.05) is 19.8 Å². The van der Waals surface area contributed by atoms with Crippen LogP contribution in [0.4, 0.5) is 4.79 Å². The van der Waals surface area contributed by atoms with Crippen LogP contribution in [0.5, 0.6) is 0 Å². The minimum atomic E-state index is -1.07. The standard InChI is InChI=1S/C57H78N6O13/c1-33(2)52(61-49(65)20-10-9-15-27-58-56(71)72-31-45-43-18-13-11-16-41(43)42-17-12-14-19-44(42)45)55(70)59-37(6)54(69)63-62-51(67)29-40-30-57(32-73-57)53(68)48(76-40)25-22-34(3)21-24-47-35(4)28-46(38(7)75-47)60-50(66)26-23-36(5)74-39(8)64/h11-14,16-19,21-23,25-26,33,35-38,40,45-48,52-53,68H,9-10,15,20,24,27-32H2,1-8H3,(H,58,71)(H,59,70)(H,60,66)(H,61,65)(H,62,67)(H,63,69)/b25-22+,26-23-,34-21+/t35-,36-,37-,38+,40+,46+,47-,48+,52-,53+,57+/m0/s1. The van der Waals surface area contributed by atoms with Gasteiger partial charge in [0, 0.05) is 38.3 Å². The first-order chi connectivity index (χ1) is 36.2. The number of aliphatic hydroxyl groups is 1. The molecule has 7 N–H and O–H groups in total. The van der Waals surface area contributed by atoms with Crippen LogP contribution in [0.25, 0.3) is 11.1 Å². The molecule has 1 aliphatic carbocycles. The van der Waals surface area contributed by atoms with Crippen molar-refractivity contribution in [3.05, 3.63) is 95.6 Å². The highest BCUT2D eigenvalue weighted by molar-refractivity contribution is 5.93. The molecule has 4 aliphatic rings. The topological polar surface area (TPSA) is 261 Å². The third-order valence-corrected chi connectivity index (χ3v) is 14.4. The number of carbonyl (C=O) groups is 7. The molecule has 6 amide bonds. The number of esters is 1. The fourth-order valence-electron chi connectivity index (χ4n) is 9.96. The van der Waals surface area contributed by atoms with E-state index in [0.29, 0.717) is 45.3 Å². The van der Waals surface area contributed by atoms with Crippen molar-refractivity contribution in [3.8, 4) is 11.1 Å². The van der Waals surface area contributed by atoms with Crippen molar-refractivity contribution >= 4 is 41.6 Å². The van der Waals surface area contributed by atoms with Gasteiger partial charge in [-0.2, -0.15) is 0 Å². The summed E-state index contributed by atoms with van der Waals surface area (Å²) in [7, 11) is 0. The van der Waals surface area contributed by atoms with Gasteiger partial charge in [-0.05, 0) is 93.5 Å². The van der Waals surface area contributed by atoms with Crippen LogP contribution in [0.1, 0.15) is 124 Å². The lowest BCUT2D eigenvalue weighted by molar-refractivity contribution is -0.147. The average Bonchev–Trinajstić information content (AvgIpc) is 4.11. The van der Waals surface area contributed by atoms with Gasteiger partial charge < -0.3 is 50.1 Å². The third kappa shape index (κ3) is 16.8. The lowest BCUT2D eigenvalue weighted by Gasteiger charge is -2.39. The number of benzene rings is 2. The zero-order valence-electron chi connectivity index (χ0n) is 45.1. The highest BCUT2D eigenvalue weighted by Gasteiger charge is 2.58. The van der Waals surface area contributed by atoms with Gasteiger partial charge in [-0.1, -0.05) is 99.5 Å². The summed E-state index contributed by atoms with van der Waals surface area (Å²) in [5.74, 6) is -3.01. The van der Waals surface area contributed by atoms with Gasteiger partial charge in [-0.15, -0.1) is 0 Å². The summed E-state index contributed by atoms with van der Waals surface area (Å²) >= 11 is 0. The maximum absolute atomic E-state index is 13.3. The molecule has 76 heavy (non-hydrogen) atoms. The Kier molecular flexibility index (Phi) is 21.4. The molecule has 3 heterocycles. The van der Waals surface area contributed by atoms with Crippen LogP contribution in [0.3, 0.4) is 0 Å². The van der Waals surface area contributed by atoms with Gasteiger partial charge in [0.25, 0.3) is 5.91 Å². The summed E-state index contributed by atoms with van der Waals surface area (Å²) in [6.07, 6.45) is 8.24. The van der Waals surface area contributed by atoms with Gasteiger partial charge in [-0.3, -0.25) is 39.6 Å². The Morgan fingerprint density at radius 1 is 0.842 bits per heavy atom. The maximum atomic E-state index is 13.3. The van der Waals surface area contributed by atoms with E-state index >= 15 is 0 Å². The van der Waals surface area contributed by atoms with E-state index in [1.165, 1.54) is 26.0 Å². The second-order valence-corrected chi connectivity index (χ2v) is 21.0. The summed E-state index contributed by atoms with van der Waals surface area (Å²) in [5.41, 5.74) is 9.39. The monoisotopic (exact) mass is 1050 g/mol. The smallest absolute Gasteiger partial charge is 0.407 e. The van der Waals surface area contributed by atoms with Gasteiger partial charge in [0.2, 0.25) is 23.6 Å². The molecule has 19 heteroatoms. The van der Waals surface area contributed by atoms with Gasteiger partial charge in [-0.25, -0.2) is 4.79 Å². The Bertz CT molecular complexity index is 2430. The maximum Gasteiger partial charge on any atom is 0.407 e. The number of hydrogen-bond donors (Lipinski definition) is 7. The van der Waals surface area contributed by atoms with Crippen LogP contribution in [-0.4, -0.2) is 127 Å². The number of hydrazine groups is 1. The third-order valence-electron chi connectivity index (χ3n) is 14.4. The summed E-state index contributed by atoms with van der Waals surface area (Å²) in [5, 5.41) is 22.4. The molecule has 3 aliphatic heterocycles. The molecule has 0 aromatic heterocycles. The number of rotatable bonds is 23. The first-order valence-electron chi connectivity index (χ1n) is 26.6.